The molecule has 452 valence electrons. The second-order valence-corrected chi connectivity index (χ2v) is 19.8. The molecule has 1 saturated heterocycles. The highest BCUT2D eigenvalue weighted by atomic mass is 32.1. The minimum absolute atomic E-state index is 0.121. The van der Waals surface area contributed by atoms with Gasteiger partial charge in [0.1, 0.15) is 60.9 Å². The van der Waals surface area contributed by atoms with E-state index in [9.17, 15) is 87.5 Å². The Balaban J connectivity index is 3.33. The van der Waals surface area contributed by atoms with Crippen LogP contribution >= 0.6 is 12.6 Å². The zero-order valence-electron chi connectivity index (χ0n) is 45.4. The van der Waals surface area contributed by atoms with Crippen LogP contribution < -0.4 is 64.6 Å². The average molecular weight is 1160 g/mol. The topological polar surface area (TPSA) is 516 Å². The minimum Gasteiger partial charge on any atom is -0.481 e. The van der Waals surface area contributed by atoms with Gasteiger partial charge in [0, 0.05) is 25.1 Å². The van der Waals surface area contributed by atoms with E-state index >= 15 is 0 Å². The number of nitrogens with two attached hydrogens (primary N) is 2. The fraction of sp³-hybridized carbons (Fsp3) is 0.702. The lowest BCUT2D eigenvalue weighted by atomic mass is 9.97. The molecule has 80 heavy (non-hydrogen) atoms. The van der Waals surface area contributed by atoms with Gasteiger partial charge < -0.3 is 95.1 Å². The van der Waals surface area contributed by atoms with Crippen LogP contribution in [0.2, 0.25) is 0 Å². The van der Waals surface area contributed by atoms with Crippen molar-refractivity contribution in [1.82, 2.24) is 58.1 Å². The van der Waals surface area contributed by atoms with E-state index in [4.69, 9.17) is 16.6 Å². The maximum Gasteiger partial charge on any atom is 0.322 e. The summed E-state index contributed by atoms with van der Waals surface area (Å²) in [6.07, 6.45) is -3.14. The van der Waals surface area contributed by atoms with Crippen molar-refractivity contribution in [2.24, 2.45) is 23.3 Å². The van der Waals surface area contributed by atoms with Gasteiger partial charge in [-0.1, -0.05) is 34.1 Å². The van der Waals surface area contributed by atoms with Crippen molar-refractivity contribution in [2.75, 3.05) is 38.6 Å². The third kappa shape index (κ3) is 24.4. The van der Waals surface area contributed by atoms with Crippen LogP contribution in [-0.4, -0.2) is 218 Å². The standard InChI is InChI=1S/C47H79N13O19S/c1-7-22(4)36(58-42(74)29(19-62)56-40(72)25(10-12-32(49)64)52-44(76)31-9-8-14-60(31)47(79)23(5)48)45(77)59-37(24(6)63)46(78)53-26(11-13-34(66)67)39(71)54-27(15-21(2)3)41(73)57-30(20-80)43(75)55-28(18-61)38(70)51-16-33(65)50-17-35(68)69/h21-31,36-37,61-63,80H,7-20,48H2,1-6H3,(H2,49,64)(H,50,65)(H,51,70)(H,52,76)(H,53,78)(H,54,71)(H,55,75)(H,56,72)(H,57,73)(H,58,74)(H,59,77)(H,66,67)(H,68,69)/t22-,23-,24+,25-,26-,27-,28-,29-,30-,31-,36-,37-/m0/s1. The molecule has 0 bridgehead atoms. The molecule has 1 heterocycles. The molecule has 0 spiro atoms. The molecule has 0 aromatic rings. The molecule has 0 aromatic heterocycles. The maximum atomic E-state index is 14.0. The number of aliphatic carboxylic acids is 2. The van der Waals surface area contributed by atoms with Crippen LogP contribution in [0.4, 0.5) is 0 Å². The number of rotatable bonds is 36. The van der Waals surface area contributed by atoms with Crippen molar-refractivity contribution in [1.29, 1.82) is 0 Å². The van der Waals surface area contributed by atoms with E-state index in [0.29, 0.717) is 6.42 Å². The molecule has 1 aliphatic rings. The van der Waals surface area contributed by atoms with E-state index < -0.39 is 207 Å². The molecular formula is C47H79N13O19S. The number of aliphatic hydroxyl groups is 3. The lowest BCUT2D eigenvalue weighted by Gasteiger charge is -2.30. The summed E-state index contributed by atoms with van der Waals surface area (Å²) in [5, 5.41) is 71.8. The van der Waals surface area contributed by atoms with Crippen molar-refractivity contribution in [3.63, 3.8) is 0 Å². The van der Waals surface area contributed by atoms with E-state index in [1.165, 1.54) is 18.7 Å². The fourth-order valence-corrected chi connectivity index (χ4v) is 7.95. The number of aliphatic hydroxyl groups excluding tert-OH is 3. The Morgan fingerprint density at radius 2 is 1.06 bits per heavy atom. The number of carboxylic acid groups (broad SMARTS) is 2. The van der Waals surface area contributed by atoms with Crippen molar-refractivity contribution in [3.8, 4) is 0 Å². The molecule has 1 rings (SSSR count). The first-order valence-corrected chi connectivity index (χ1v) is 26.3. The molecule has 19 N–H and O–H groups in total. The van der Waals surface area contributed by atoms with Crippen molar-refractivity contribution in [2.45, 2.75) is 159 Å². The van der Waals surface area contributed by atoms with Crippen molar-refractivity contribution in [3.05, 3.63) is 0 Å². The van der Waals surface area contributed by atoms with Crippen LogP contribution in [0, 0.1) is 11.8 Å². The maximum absolute atomic E-state index is 14.0. The van der Waals surface area contributed by atoms with E-state index in [-0.39, 0.29) is 38.1 Å². The summed E-state index contributed by atoms with van der Waals surface area (Å²) in [4.78, 5) is 182. The highest BCUT2D eigenvalue weighted by Gasteiger charge is 2.40. The summed E-state index contributed by atoms with van der Waals surface area (Å²) in [6, 6.07) is -15.2. The molecule has 33 heteroatoms. The molecule has 1 fully saturated rings. The highest BCUT2D eigenvalue weighted by molar-refractivity contribution is 7.80. The number of likely N-dealkylation sites (tertiary alicyclic amines) is 1. The third-order valence-electron chi connectivity index (χ3n) is 12.3. The Labute approximate surface area is 466 Å². The van der Waals surface area contributed by atoms with Gasteiger partial charge in [-0.3, -0.25) is 67.1 Å². The number of hydrogen-bond donors (Lipinski definition) is 18. The molecule has 0 unspecified atom stereocenters. The van der Waals surface area contributed by atoms with Gasteiger partial charge >= 0.3 is 11.9 Å². The fourth-order valence-electron chi connectivity index (χ4n) is 7.69. The summed E-state index contributed by atoms with van der Waals surface area (Å²) in [5.41, 5.74) is 11.0. The van der Waals surface area contributed by atoms with Crippen LogP contribution in [0.1, 0.15) is 92.9 Å². The first kappa shape index (κ1) is 70.8. The molecule has 0 aliphatic carbocycles. The van der Waals surface area contributed by atoms with Gasteiger partial charge in [0.2, 0.25) is 70.9 Å². The SMILES string of the molecule is CC[C@H](C)[C@H](NC(=O)[C@H](CO)NC(=O)[C@H](CCC(N)=O)NC(=O)[C@@H]1CCCN1C(=O)[C@H](C)N)C(=O)N[C@H](C(=O)N[C@@H](CCC(=O)O)C(=O)N[C@@H](CC(C)C)C(=O)N[C@@H](CS)C(=O)N[C@@H](CO)C(=O)NCC(=O)NCC(=O)O)[C@@H](C)O. The second-order valence-electron chi connectivity index (χ2n) is 19.4. The molecule has 32 nitrogen and oxygen atoms in total. The number of carbonyl (C=O) groups excluding carboxylic acids is 12. The minimum atomic E-state index is -1.92. The number of nitrogens with one attached hydrogen (secondary N) is 10. The first-order chi connectivity index (χ1) is 37.4. The van der Waals surface area contributed by atoms with Crippen LogP contribution in [0.25, 0.3) is 0 Å². The number of thiol groups is 1. The first-order valence-electron chi connectivity index (χ1n) is 25.7. The highest BCUT2D eigenvalue weighted by Crippen LogP contribution is 2.19. The number of carbonyl (C=O) groups is 14. The van der Waals surface area contributed by atoms with Crippen LogP contribution in [-0.2, 0) is 67.1 Å². The van der Waals surface area contributed by atoms with E-state index in [0.717, 1.165) is 6.92 Å². The van der Waals surface area contributed by atoms with Crippen molar-refractivity contribution >= 4 is 95.5 Å². The van der Waals surface area contributed by atoms with Gasteiger partial charge in [0.15, 0.2) is 0 Å². The predicted octanol–water partition coefficient (Wildman–Crippen LogP) is -7.96. The quantitative estimate of drug-likeness (QED) is 0.0259. The van der Waals surface area contributed by atoms with Gasteiger partial charge in [-0.25, -0.2) is 0 Å². The largest absolute Gasteiger partial charge is 0.481 e. The Morgan fingerprint density at radius 3 is 1.56 bits per heavy atom. The number of nitrogens with zero attached hydrogens (tertiary/aromatic N) is 1. The second kappa shape index (κ2) is 35.4. The number of carboxylic acids is 2. The Kier molecular flexibility index (Phi) is 31.3. The number of primary amides is 1. The Morgan fingerprint density at radius 1 is 0.588 bits per heavy atom. The van der Waals surface area contributed by atoms with E-state index in [1.807, 2.05) is 5.32 Å². The van der Waals surface area contributed by atoms with Crippen LogP contribution in [0.5, 0.6) is 0 Å². The van der Waals surface area contributed by atoms with Crippen LogP contribution in [0.3, 0.4) is 0 Å². The molecule has 12 amide bonds. The van der Waals surface area contributed by atoms with Gasteiger partial charge in [0.05, 0.1) is 31.9 Å². The smallest absolute Gasteiger partial charge is 0.322 e. The van der Waals surface area contributed by atoms with Crippen molar-refractivity contribution < 1.29 is 92.7 Å². The summed E-state index contributed by atoms with van der Waals surface area (Å²) < 4.78 is 0. The number of amides is 12. The number of hydrogen-bond acceptors (Lipinski definition) is 19. The molecule has 1 aliphatic heterocycles. The molecule has 0 aromatic carbocycles. The lowest BCUT2D eigenvalue weighted by Crippen LogP contribution is -2.63. The zero-order chi connectivity index (χ0) is 61.1. The van der Waals surface area contributed by atoms with Gasteiger partial charge in [0.25, 0.3) is 0 Å². The molecule has 0 saturated carbocycles. The normalized spacial score (nSPS) is 17.1. The Hall–Kier alpha value is -7.23. The summed E-state index contributed by atoms with van der Waals surface area (Å²) >= 11 is 4.08. The zero-order valence-corrected chi connectivity index (χ0v) is 46.3. The lowest BCUT2D eigenvalue weighted by molar-refractivity contribution is -0.140. The predicted molar refractivity (Wildman–Crippen MR) is 281 cm³/mol. The van der Waals surface area contributed by atoms with E-state index in [2.05, 4.69) is 60.5 Å². The monoisotopic (exact) mass is 1160 g/mol. The van der Waals surface area contributed by atoms with Gasteiger partial charge in [-0.15, -0.1) is 0 Å². The van der Waals surface area contributed by atoms with Crippen LogP contribution in [0.15, 0.2) is 0 Å². The average Bonchev–Trinajstić information content (AvgIpc) is 3.89. The summed E-state index contributed by atoms with van der Waals surface area (Å²) in [7, 11) is 0. The van der Waals surface area contributed by atoms with E-state index in [1.54, 1.807) is 20.8 Å². The Bertz CT molecular complexity index is 2220. The third-order valence-corrected chi connectivity index (χ3v) is 12.7. The molecule has 12 atom stereocenters. The summed E-state index contributed by atoms with van der Waals surface area (Å²) in [5.74, 6) is -16.1. The van der Waals surface area contributed by atoms with Gasteiger partial charge in [-0.2, -0.15) is 12.6 Å². The summed E-state index contributed by atoms with van der Waals surface area (Å²) in [6.45, 7) is 5.65. The molecular weight excluding hydrogens is 1080 g/mol. The van der Waals surface area contributed by atoms with Gasteiger partial charge in [-0.05, 0) is 57.8 Å². The molecule has 0 radical (unpaired) electrons.